The van der Waals surface area contributed by atoms with Crippen molar-refractivity contribution in [1.29, 1.82) is 0 Å². The van der Waals surface area contributed by atoms with Crippen molar-refractivity contribution >= 4 is 21.6 Å². The Balaban J connectivity index is 1.66. The third-order valence-electron chi connectivity index (χ3n) is 3.96. The molecule has 104 valence electrons. The fourth-order valence-electron chi connectivity index (χ4n) is 2.58. The highest BCUT2D eigenvalue weighted by molar-refractivity contribution is 9.10. The van der Waals surface area contributed by atoms with Crippen molar-refractivity contribution in [2.75, 3.05) is 5.32 Å². The highest BCUT2D eigenvalue weighted by Gasteiger charge is 2.22. The molecule has 0 atom stereocenters. The van der Waals surface area contributed by atoms with Crippen LogP contribution in [0.3, 0.4) is 0 Å². The van der Waals surface area contributed by atoms with Gasteiger partial charge in [0.15, 0.2) is 0 Å². The fourth-order valence-corrected chi connectivity index (χ4v) is 2.81. The van der Waals surface area contributed by atoms with Gasteiger partial charge in [0.05, 0.1) is 0 Å². The normalized spacial score (nSPS) is 14.3. The predicted octanol–water partition coefficient (Wildman–Crippen LogP) is 5.56. The van der Waals surface area contributed by atoms with Gasteiger partial charge >= 0.3 is 0 Å². The molecule has 0 amide bonds. The van der Waals surface area contributed by atoms with Gasteiger partial charge in [-0.3, -0.25) is 0 Å². The molecule has 0 heterocycles. The second-order valence-electron chi connectivity index (χ2n) is 5.79. The van der Waals surface area contributed by atoms with Gasteiger partial charge in [-0.1, -0.05) is 40.2 Å². The van der Waals surface area contributed by atoms with E-state index in [1.165, 1.54) is 45.3 Å². The summed E-state index contributed by atoms with van der Waals surface area (Å²) in [6.45, 7) is 5.14. The summed E-state index contributed by atoms with van der Waals surface area (Å²) in [5, 5.41) is 3.51. The molecule has 1 aliphatic rings. The molecule has 0 bridgehead atoms. The molecule has 1 N–H and O–H groups in total. The number of aryl methyl sites for hydroxylation is 2. The van der Waals surface area contributed by atoms with Gasteiger partial charge in [0, 0.05) is 16.7 Å². The molecular weight excluding hydrogens is 310 g/mol. The second-order valence-corrected chi connectivity index (χ2v) is 6.59. The highest BCUT2D eigenvalue weighted by Crippen LogP contribution is 2.39. The van der Waals surface area contributed by atoms with Crippen molar-refractivity contribution in [3.63, 3.8) is 0 Å². The molecule has 1 saturated carbocycles. The van der Waals surface area contributed by atoms with Crippen LogP contribution in [0.4, 0.5) is 5.69 Å². The number of rotatable bonds is 4. The van der Waals surface area contributed by atoms with Crippen molar-refractivity contribution < 1.29 is 0 Å². The van der Waals surface area contributed by atoms with Gasteiger partial charge in [-0.15, -0.1) is 0 Å². The molecule has 3 rings (SSSR count). The third-order valence-corrected chi connectivity index (χ3v) is 5.21. The molecule has 2 heteroatoms. The number of benzene rings is 2. The lowest BCUT2D eigenvalue weighted by Gasteiger charge is -2.11. The smallest absolute Gasteiger partial charge is 0.0400 e. The van der Waals surface area contributed by atoms with E-state index in [1.54, 1.807) is 0 Å². The maximum absolute atomic E-state index is 3.61. The van der Waals surface area contributed by atoms with Crippen LogP contribution in [0.5, 0.6) is 0 Å². The molecule has 0 saturated heterocycles. The summed E-state index contributed by atoms with van der Waals surface area (Å²) in [6.07, 6.45) is 2.74. The molecule has 0 aliphatic heterocycles. The first-order chi connectivity index (χ1) is 9.63. The topological polar surface area (TPSA) is 12.0 Å². The van der Waals surface area contributed by atoms with E-state index < -0.39 is 0 Å². The molecule has 2 aromatic carbocycles. The average molecular weight is 330 g/mol. The van der Waals surface area contributed by atoms with Crippen LogP contribution in [-0.4, -0.2) is 0 Å². The standard InChI is InChI=1S/C18H20BrN/c1-12-9-17(10-13(2)18(12)19)20-11-14-3-5-15(6-4-14)16-7-8-16/h3-6,9-10,16,20H,7-8,11H2,1-2H3. The largest absolute Gasteiger partial charge is 0.381 e. The van der Waals surface area contributed by atoms with Crippen LogP contribution >= 0.6 is 15.9 Å². The van der Waals surface area contributed by atoms with Crippen LogP contribution in [-0.2, 0) is 6.54 Å². The summed E-state index contributed by atoms with van der Waals surface area (Å²) < 4.78 is 1.21. The third kappa shape index (κ3) is 3.06. The van der Waals surface area contributed by atoms with Crippen LogP contribution in [0.2, 0.25) is 0 Å². The lowest BCUT2D eigenvalue weighted by atomic mass is 10.1. The second kappa shape index (κ2) is 5.61. The molecule has 0 unspecified atom stereocenters. The zero-order valence-electron chi connectivity index (χ0n) is 12.0. The average Bonchev–Trinajstić information content (AvgIpc) is 3.27. The summed E-state index contributed by atoms with van der Waals surface area (Å²) in [4.78, 5) is 0. The van der Waals surface area contributed by atoms with Gasteiger partial charge in [-0.2, -0.15) is 0 Å². The Labute approximate surface area is 129 Å². The van der Waals surface area contributed by atoms with E-state index in [4.69, 9.17) is 0 Å². The summed E-state index contributed by atoms with van der Waals surface area (Å²) in [5.74, 6) is 0.841. The summed E-state index contributed by atoms with van der Waals surface area (Å²) in [6, 6.07) is 13.4. The van der Waals surface area contributed by atoms with Gasteiger partial charge in [0.25, 0.3) is 0 Å². The zero-order valence-corrected chi connectivity index (χ0v) is 13.6. The summed E-state index contributed by atoms with van der Waals surface area (Å²) in [7, 11) is 0. The lowest BCUT2D eigenvalue weighted by molar-refractivity contribution is 1.10. The number of hydrogen-bond acceptors (Lipinski definition) is 1. The molecule has 20 heavy (non-hydrogen) atoms. The number of nitrogens with one attached hydrogen (secondary N) is 1. The first-order valence-corrected chi connectivity index (χ1v) is 8.02. The van der Waals surface area contributed by atoms with E-state index in [9.17, 15) is 0 Å². The van der Waals surface area contributed by atoms with Crippen molar-refractivity contribution in [1.82, 2.24) is 0 Å². The minimum Gasteiger partial charge on any atom is -0.381 e. The number of halogens is 1. The Morgan fingerprint density at radius 1 is 1.05 bits per heavy atom. The van der Waals surface area contributed by atoms with E-state index in [2.05, 4.69) is 71.5 Å². The van der Waals surface area contributed by atoms with E-state index in [-0.39, 0.29) is 0 Å². The molecule has 0 radical (unpaired) electrons. The monoisotopic (exact) mass is 329 g/mol. The van der Waals surface area contributed by atoms with Crippen LogP contribution in [0.25, 0.3) is 0 Å². The van der Waals surface area contributed by atoms with Crippen LogP contribution < -0.4 is 5.32 Å². The van der Waals surface area contributed by atoms with Gasteiger partial charge in [0.1, 0.15) is 0 Å². The predicted molar refractivity (Wildman–Crippen MR) is 89.4 cm³/mol. The van der Waals surface area contributed by atoms with Gasteiger partial charge in [-0.05, 0) is 67.0 Å². The van der Waals surface area contributed by atoms with E-state index in [0.29, 0.717) is 0 Å². The van der Waals surface area contributed by atoms with Crippen molar-refractivity contribution in [3.8, 4) is 0 Å². The van der Waals surface area contributed by atoms with E-state index in [0.717, 1.165) is 12.5 Å². The van der Waals surface area contributed by atoms with Gasteiger partial charge in [0.2, 0.25) is 0 Å². The Kier molecular flexibility index (Phi) is 3.84. The maximum atomic E-state index is 3.61. The minimum absolute atomic E-state index is 0.841. The SMILES string of the molecule is Cc1cc(NCc2ccc(C3CC3)cc2)cc(C)c1Br. The van der Waals surface area contributed by atoms with E-state index >= 15 is 0 Å². The van der Waals surface area contributed by atoms with Gasteiger partial charge in [-0.25, -0.2) is 0 Å². The summed E-state index contributed by atoms with van der Waals surface area (Å²) in [5.41, 5.74) is 6.58. The highest BCUT2D eigenvalue weighted by atomic mass is 79.9. The van der Waals surface area contributed by atoms with E-state index in [1.807, 2.05) is 0 Å². The van der Waals surface area contributed by atoms with Gasteiger partial charge < -0.3 is 5.32 Å². The molecular formula is C18H20BrN. The molecule has 1 nitrogen and oxygen atoms in total. The number of anilines is 1. The van der Waals surface area contributed by atoms with Crippen LogP contribution in [0.15, 0.2) is 40.9 Å². The first-order valence-electron chi connectivity index (χ1n) is 7.23. The van der Waals surface area contributed by atoms with Crippen molar-refractivity contribution in [3.05, 3.63) is 63.1 Å². The first kappa shape index (κ1) is 13.7. The van der Waals surface area contributed by atoms with Crippen LogP contribution in [0, 0.1) is 13.8 Å². The van der Waals surface area contributed by atoms with Crippen molar-refractivity contribution in [2.45, 2.75) is 39.2 Å². The Morgan fingerprint density at radius 3 is 2.20 bits per heavy atom. The maximum Gasteiger partial charge on any atom is 0.0400 e. The molecule has 2 aromatic rings. The Morgan fingerprint density at radius 2 is 1.65 bits per heavy atom. The molecule has 0 aromatic heterocycles. The quantitative estimate of drug-likeness (QED) is 0.774. The van der Waals surface area contributed by atoms with Crippen LogP contribution in [0.1, 0.15) is 41.0 Å². The summed E-state index contributed by atoms with van der Waals surface area (Å²) >= 11 is 3.61. The minimum atomic E-state index is 0.841. The Bertz CT molecular complexity index is 589. The Hall–Kier alpha value is -1.28. The lowest BCUT2D eigenvalue weighted by Crippen LogP contribution is -2.00. The van der Waals surface area contributed by atoms with Crippen molar-refractivity contribution in [2.24, 2.45) is 0 Å². The zero-order chi connectivity index (χ0) is 14.1. The molecule has 1 fully saturated rings. The fraction of sp³-hybridized carbons (Fsp3) is 0.333. The number of hydrogen-bond donors (Lipinski definition) is 1. The molecule has 0 spiro atoms. The molecule has 1 aliphatic carbocycles.